The van der Waals surface area contributed by atoms with Crippen LogP contribution in [0.15, 0.2) is 66.7 Å². The number of ketones is 1. The Morgan fingerprint density at radius 2 is 1.52 bits per heavy atom. The molecular weight excluding hydrogens is 712 g/mol. The summed E-state index contributed by atoms with van der Waals surface area (Å²) in [6, 6.07) is 19.1. The van der Waals surface area contributed by atoms with Crippen LogP contribution in [-0.4, -0.2) is 44.8 Å². The molecule has 6 rings (SSSR count). The average Bonchev–Trinajstić information content (AvgIpc) is 3.25. The number of fused-ring (bicyclic) bond motifs is 2. The first kappa shape index (κ1) is 30.6. The van der Waals surface area contributed by atoms with Gasteiger partial charge in [0.05, 0.1) is 34.3 Å². The highest BCUT2D eigenvalue weighted by Gasteiger charge is 2.52. The molecule has 0 radical (unpaired) electrons. The fraction of sp³-hybridized carbons (Fsp3) is 0.265. The van der Waals surface area contributed by atoms with Gasteiger partial charge in [0.25, 0.3) is 0 Å². The Morgan fingerprint density at radius 3 is 2.14 bits per heavy atom. The van der Waals surface area contributed by atoms with Crippen molar-refractivity contribution >= 4 is 83.6 Å². The van der Waals surface area contributed by atoms with Crippen molar-refractivity contribution in [1.82, 2.24) is 4.98 Å². The van der Waals surface area contributed by atoms with E-state index >= 15 is 0 Å². The standard InChI is InChI=1S/C34H27Br2ClN2O5/c1-17-3-5-20(6-4-17)30(40)16-44-34(43)25-15-29(38-31-18(2)28(37)12-11-22(25)31)19-7-9-21(10-8-19)39-32(41)23-13-26(35)27(36)14-24(23)33(39)42/h3-12,15,23-24,26-27H,13-14,16H2,1-2H3. The second-order valence-electron chi connectivity index (χ2n) is 11.3. The molecule has 4 aromatic rings. The predicted octanol–water partition coefficient (Wildman–Crippen LogP) is 7.64. The molecule has 1 aliphatic carbocycles. The van der Waals surface area contributed by atoms with Crippen molar-refractivity contribution in [3.05, 3.63) is 94.0 Å². The van der Waals surface area contributed by atoms with Gasteiger partial charge in [0.15, 0.2) is 12.4 Å². The first-order chi connectivity index (χ1) is 21.0. The molecule has 1 saturated heterocycles. The number of nitrogens with zero attached hydrogens (tertiary/aromatic N) is 2. The van der Waals surface area contributed by atoms with Crippen LogP contribution in [-0.2, 0) is 14.3 Å². The number of esters is 1. The van der Waals surface area contributed by atoms with E-state index in [1.165, 1.54) is 4.90 Å². The number of aryl methyl sites for hydroxylation is 2. The second-order valence-corrected chi connectivity index (χ2v) is 14.0. The van der Waals surface area contributed by atoms with Gasteiger partial charge in [-0.3, -0.25) is 19.3 Å². The molecule has 2 fully saturated rings. The molecule has 1 aromatic heterocycles. The number of carbonyl (C=O) groups is 4. The van der Waals surface area contributed by atoms with Gasteiger partial charge in [0, 0.05) is 31.2 Å². The van der Waals surface area contributed by atoms with Gasteiger partial charge in [0.2, 0.25) is 11.8 Å². The number of aromatic nitrogens is 1. The molecule has 2 aliphatic rings. The Morgan fingerprint density at radius 1 is 0.909 bits per heavy atom. The molecule has 224 valence electrons. The van der Waals surface area contributed by atoms with Crippen molar-refractivity contribution in [1.29, 1.82) is 0 Å². The molecule has 7 nitrogen and oxygen atoms in total. The Bertz CT molecular complexity index is 1800. The highest BCUT2D eigenvalue weighted by molar-refractivity contribution is 9.12. The van der Waals surface area contributed by atoms with Gasteiger partial charge in [0.1, 0.15) is 0 Å². The molecule has 0 spiro atoms. The van der Waals surface area contributed by atoms with Gasteiger partial charge in [-0.25, -0.2) is 9.78 Å². The minimum absolute atomic E-state index is 0.125. The molecule has 4 atom stereocenters. The maximum atomic E-state index is 13.4. The molecule has 0 N–H and O–H groups in total. The average molecular weight is 739 g/mol. The van der Waals surface area contributed by atoms with Gasteiger partial charge in [-0.05, 0) is 56.5 Å². The van der Waals surface area contributed by atoms with Crippen molar-refractivity contribution in [2.75, 3.05) is 11.5 Å². The highest BCUT2D eigenvalue weighted by Crippen LogP contribution is 2.44. The number of imide groups is 1. The Kier molecular flexibility index (Phi) is 8.48. The Balaban J connectivity index is 1.30. The van der Waals surface area contributed by atoms with E-state index in [1.807, 2.05) is 26.0 Å². The molecule has 44 heavy (non-hydrogen) atoms. The molecule has 3 aromatic carbocycles. The van der Waals surface area contributed by atoms with Crippen LogP contribution < -0.4 is 4.90 Å². The van der Waals surface area contributed by atoms with Crippen molar-refractivity contribution in [2.45, 2.75) is 36.3 Å². The molecule has 4 unspecified atom stereocenters. The maximum absolute atomic E-state index is 13.4. The number of hydrogen-bond donors (Lipinski definition) is 0. The van der Waals surface area contributed by atoms with Crippen molar-refractivity contribution < 1.29 is 23.9 Å². The summed E-state index contributed by atoms with van der Waals surface area (Å²) in [7, 11) is 0. The third-order valence-electron chi connectivity index (χ3n) is 8.43. The molecule has 0 bridgehead atoms. The predicted molar refractivity (Wildman–Crippen MR) is 177 cm³/mol. The molecule has 1 aliphatic heterocycles. The third kappa shape index (κ3) is 5.61. The SMILES string of the molecule is Cc1ccc(C(=O)COC(=O)c2cc(-c3ccc(N4C(=O)C5CC(Br)C(Br)CC5C4=O)cc3)nc3c(C)c(Cl)ccc23)cc1. The number of benzene rings is 3. The maximum Gasteiger partial charge on any atom is 0.339 e. The summed E-state index contributed by atoms with van der Waals surface area (Å²) < 4.78 is 5.48. The van der Waals surface area contributed by atoms with Crippen LogP contribution in [0.1, 0.15) is 44.7 Å². The summed E-state index contributed by atoms with van der Waals surface area (Å²) in [5.74, 6) is -2.03. The zero-order chi connectivity index (χ0) is 31.3. The highest BCUT2D eigenvalue weighted by atomic mass is 79.9. The summed E-state index contributed by atoms with van der Waals surface area (Å²) in [6.45, 7) is 3.34. The lowest BCUT2D eigenvalue weighted by molar-refractivity contribution is -0.122. The topological polar surface area (TPSA) is 93.6 Å². The molecule has 1 saturated carbocycles. The lowest BCUT2D eigenvalue weighted by Crippen LogP contribution is -2.34. The molecular formula is C34H27Br2ClN2O5. The number of Topliss-reactive ketones (excluding diaryl/α,β-unsaturated/α-hetero) is 1. The third-order valence-corrected chi connectivity index (χ3v) is 11.6. The first-order valence-electron chi connectivity index (χ1n) is 14.2. The number of hydrogen-bond acceptors (Lipinski definition) is 6. The van der Waals surface area contributed by atoms with E-state index in [9.17, 15) is 19.2 Å². The number of ether oxygens (including phenoxy) is 1. The van der Waals surface area contributed by atoms with Gasteiger partial charge in [-0.15, -0.1) is 0 Å². The number of amides is 2. The van der Waals surface area contributed by atoms with Crippen LogP contribution in [0.2, 0.25) is 5.02 Å². The summed E-state index contributed by atoms with van der Waals surface area (Å²) in [6.07, 6.45) is 1.19. The van der Waals surface area contributed by atoms with E-state index in [2.05, 4.69) is 31.9 Å². The number of pyridine rings is 1. The van der Waals surface area contributed by atoms with E-state index in [1.54, 1.807) is 54.6 Å². The van der Waals surface area contributed by atoms with E-state index < -0.39 is 12.6 Å². The summed E-state index contributed by atoms with van der Waals surface area (Å²) in [5.41, 5.74) is 4.57. The van der Waals surface area contributed by atoms with Crippen molar-refractivity contribution in [2.24, 2.45) is 11.8 Å². The fourth-order valence-corrected chi connectivity index (χ4v) is 7.27. The number of halogens is 3. The largest absolute Gasteiger partial charge is 0.454 e. The lowest BCUT2D eigenvalue weighted by atomic mass is 9.81. The molecule has 2 amide bonds. The molecule has 2 heterocycles. The lowest BCUT2D eigenvalue weighted by Gasteiger charge is -2.29. The van der Waals surface area contributed by atoms with Gasteiger partial charge in [-0.1, -0.05) is 91.5 Å². The van der Waals surface area contributed by atoms with E-state index in [4.69, 9.17) is 21.3 Å². The summed E-state index contributed by atoms with van der Waals surface area (Å²) in [5, 5.41) is 1.04. The van der Waals surface area contributed by atoms with Gasteiger partial charge < -0.3 is 4.74 Å². The van der Waals surface area contributed by atoms with E-state index in [0.717, 1.165) is 5.56 Å². The first-order valence-corrected chi connectivity index (χ1v) is 16.4. The van der Waals surface area contributed by atoms with Crippen LogP contribution in [0.25, 0.3) is 22.2 Å². The van der Waals surface area contributed by atoms with Crippen LogP contribution in [0.4, 0.5) is 5.69 Å². The minimum Gasteiger partial charge on any atom is -0.454 e. The monoisotopic (exact) mass is 736 g/mol. The van der Waals surface area contributed by atoms with Crippen LogP contribution in [0.3, 0.4) is 0 Å². The quantitative estimate of drug-likeness (QED) is 0.0875. The van der Waals surface area contributed by atoms with E-state index in [0.29, 0.717) is 56.8 Å². The minimum atomic E-state index is -0.663. The summed E-state index contributed by atoms with van der Waals surface area (Å²) in [4.78, 5) is 59.0. The molecule has 10 heteroatoms. The zero-order valence-corrected chi connectivity index (χ0v) is 27.8. The van der Waals surface area contributed by atoms with Gasteiger partial charge in [-0.2, -0.15) is 0 Å². The zero-order valence-electron chi connectivity index (χ0n) is 23.9. The fourth-order valence-electron chi connectivity index (χ4n) is 5.88. The smallest absolute Gasteiger partial charge is 0.339 e. The second kappa shape index (κ2) is 12.2. The van der Waals surface area contributed by atoms with Gasteiger partial charge >= 0.3 is 5.97 Å². The number of carbonyl (C=O) groups excluding carboxylic acids is 4. The van der Waals surface area contributed by atoms with Crippen molar-refractivity contribution in [3.63, 3.8) is 0 Å². The number of anilines is 1. The van der Waals surface area contributed by atoms with Crippen LogP contribution in [0, 0.1) is 25.7 Å². The summed E-state index contributed by atoms with van der Waals surface area (Å²) >= 11 is 13.7. The number of rotatable bonds is 6. The van der Waals surface area contributed by atoms with Crippen LogP contribution in [0.5, 0.6) is 0 Å². The number of alkyl halides is 2. The van der Waals surface area contributed by atoms with E-state index in [-0.39, 0.29) is 44.7 Å². The van der Waals surface area contributed by atoms with Crippen LogP contribution >= 0.6 is 43.5 Å². The van der Waals surface area contributed by atoms with Crippen molar-refractivity contribution in [3.8, 4) is 11.3 Å². The normalized spacial score (nSPS) is 21.4. The Labute approximate surface area is 276 Å². The Hall–Kier alpha value is -3.40.